The van der Waals surface area contributed by atoms with Crippen LogP contribution in [0, 0.1) is 0 Å². The predicted octanol–water partition coefficient (Wildman–Crippen LogP) is -7.80. The van der Waals surface area contributed by atoms with Crippen LogP contribution in [-0.2, 0) is 89.2 Å². The van der Waals surface area contributed by atoms with Crippen molar-refractivity contribution >= 4 is 87.6 Å². The molecule has 24 N–H and O–H groups in total. The molecule has 7 unspecified atom stereocenters. The first-order chi connectivity index (χ1) is 53.5. The van der Waals surface area contributed by atoms with E-state index >= 15 is 0 Å². The second-order valence-corrected chi connectivity index (χ2v) is 31.3. The summed E-state index contributed by atoms with van der Waals surface area (Å²) in [7, 11) is -15.3. The normalized spacial score (nSPS) is 29.4. The SMILES string of the molecule is CC(=O)NC1C([C@H](O)[C@H](O)CO)OC(O[C@@H]2C(O)[C@H](O[C@H]3C(OC4OC(C)[C@H](O)[C@H](O)[C@H]4O)[C@@H](NC(=O)c4cc(=O)[nH]c(=O)[nH]4)[C@H](OCCCCCCCCC(=O)NCCNc4c(Nc5ccc(CNc6cc(S(=O)(=O)O)cc7cc(S(=O)(=O)O)cc(S(=O)(=O)O)c67)cc5)c(=O)c4=O)O[C@@H]3CO)O[C@H](O)[C@@H]2O)(C(=O)O)[C@H](O)[C@@H]1O. The molecule has 632 valence electrons. The average molecular weight is 1680 g/mol. The Balaban J connectivity index is 0.806. The lowest BCUT2D eigenvalue weighted by atomic mass is 9.86. The van der Waals surface area contributed by atoms with Crippen LogP contribution in [0.5, 0.6) is 0 Å². The molecule has 3 amide bonds. The van der Waals surface area contributed by atoms with E-state index in [0.29, 0.717) is 55.5 Å². The standard InChI is InChI=1S/C65H86N8O38S3/c1-25-44(80)49(85)50(86)61(105-25)108-55-43(73-58(90)33-21-38(79)72-64(94)71-33)60(106-35(24-75)53(55)107-62-52(88)56(51(87)59(91)109-62)111-65(63(92)93)57(89)48(84)42(69-26(2)76)54(110-65)45(81)34(77)23-74)104-16-8-6-4-3-5-7-9-37(78)66-14-15-67-40-41(47(83)46(40)82)70-29-12-10-27(11-13-29)22-68-32-19-30(112(95,96)97)17-28-18-31(113(98,99)100)20-36(39(28)32)114(101,102)103/h10-13,17-21,25,34-35,42-45,48-57,59-62,67-68,70,74-75,77,80-81,84-89,91H,3-9,14-16,22-24H2,1-2H3,(H,66,78)(H,69,76)(H,73,90)(H,92,93)(H,95,96,97)(H,98,99,100)(H,101,102,103)(H2,71,72,79,94)/t25?,34-,35-,42?,43-,44+,45-,48-,49+,50-,51-,52?,53-,54?,55?,56+,57-,59+,60-,61?,62-,65?/m1/s1. The number of unbranched alkanes of at least 4 members (excludes halogenated alkanes) is 5. The van der Waals surface area contributed by atoms with Crippen LogP contribution in [-0.4, -0.2) is 306 Å². The van der Waals surface area contributed by atoms with Crippen molar-refractivity contribution in [1.82, 2.24) is 25.9 Å². The third-order valence-electron chi connectivity index (χ3n) is 19.0. The number of hydrogen-bond donors (Lipinski definition) is 24. The third-order valence-corrected chi connectivity index (χ3v) is 21.5. The number of fused-ring (bicyclic) bond motifs is 1. The number of H-pyrrole nitrogens is 2. The Hall–Kier alpha value is -8.11. The van der Waals surface area contributed by atoms with Crippen LogP contribution in [0.25, 0.3) is 10.8 Å². The number of nitrogens with one attached hydrogen (secondary N) is 8. The number of carbonyl (C=O) groups excluding carboxylic acids is 3. The molecule has 9 rings (SSSR count). The number of aromatic nitrogens is 2. The number of carbonyl (C=O) groups is 4. The van der Waals surface area contributed by atoms with Gasteiger partial charge in [0.25, 0.3) is 58.5 Å². The van der Waals surface area contributed by atoms with Gasteiger partial charge >= 0.3 is 11.7 Å². The van der Waals surface area contributed by atoms with Crippen LogP contribution < -0.4 is 54.0 Å². The van der Waals surface area contributed by atoms with Gasteiger partial charge in [-0.25, -0.2) is 9.59 Å². The van der Waals surface area contributed by atoms with Crippen molar-refractivity contribution in [2.75, 3.05) is 48.9 Å². The number of aliphatic carboxylic acids is 1. The number of aliphatic hydroxyl groups is 12. The number of anilines is 4. The third kappa shape index (κ3) is 20.8. The minimum atomic E-state index is -5.24. The second-order valence-electron chi connectivity index (χ2n) is 27.0. The molecule has 5 heterocycles. The van der Waals surface area contributed by atoms with E-state index in [1.165, 1.54) is 31.2 Å². The van der Waals surface area contributed by atoms with Crippen LogP contribution in [0.4, 0.5) is 22.7 Å². The highest BCUT2D eigenvalue weighted by Gasteiger charge is 2.65. The van der Waals surface area contributed by atoms with Gasteiger partial charge < -0.3 is 141 Å². The van der Waals surface area contributed by atoms with Gasteiger partial charge in [0, 0.05) is 62.4 Å². The molecule has 46 nitrogen and oxygen atoms in total. The van der Waals surface area contributed by atoms with Gasteiger partial charge in [0.05, 0.1) is 35.2 Å². The summed E-state index contributed by atoms with van der Waals surface area (Å²) >= 11 is 0. The molecule has 0 spiro atoms. The highest BCUT2D eigenvalue weighted by Crippen LogP contribution is 2.41. The molecule has 4 fully saturated rings. The zero-order chi connectivity index (χ0) is 84.0. The molecule has 0 saturated carbocycles. The van der Waals surface area contributed by atoms with Crippen molar-refractivity contribution < 1.29 is 162 Å². The van der Waals surface area contributed by atoms with Gasteiger partial charge in [0.1, 0.15) is 113 Å². The Kier molecular flexibility index (Phi) is 29.5. The molecular formula is C65H86N8O38S3. The van der Waals surface area contributed by atoms with Gasteiger partial charge in [-0.1, -0.05) is 37.8 Å². The smallest absolute Gasteiger partial charge is 0.367 e. The summed E-state index contributed by atoms with van der Waals surface area (Å²) in [6.45, 7) is -0.680. The molecule has 22 atom stereocenters. The maximum absolute atomic E-state index is 14.2. The molecule has 0 aliphatic carbocycles. The summed E-state index contributed by atoms with van der Waals surface area (Å²) in [6.07, 6.45) is -39.8. The van der Waals surface area contributed by atoms with Crippen molar-refractivity contribution in [3.63, 3.8) is 0 Å². The van der Waals surface area contributed by atoms with Crippen molar-refractivity contribution in [2.24, 2.45) is 0 Å². The molecule has 49 heteroatoms. The maximum Gasteiger partial charge on any atom is 0.367 e. The number of ether oxygens (including phenoxy) is 8. The Bertz CT molecular complexity index is 4790. The number of amides is 3. The number of aliphatic hydroxyl groups excluding tert-OH is 12. The fraction of sp³-hybridized carbons (Fsp3) is 0.569. The van der Waals surface area contributed by atoms with Gasteiger partial charge in [-0.2, -0.15) is 25.3 Å². The largest absolute Gasteiger partial charge is 0.477 e. The van der Waals surface area contributed by atoms with E-state index in [4.69, 9.17) is 37.9 Å². The predicted molar refractivity (Wildman–Crippen MR) is 380 cm³/mol. The number of carboxylic acid groups (broad SMARTS) is 1. The molecule has 5 aromatic rings. The number of hydrogen-bond acceptors (Lipinski definition) is 37. The quantitative estimate of drug-likeness (QED) is 0.0101. The Morgan fingerprint density at radius 2 is 1.26 bits per heavy atom. The fourth-order valence-electron chi connectivity index (χ4n) is 13.1. The summed E-state index contributed by atoms with van der Waals surface area (Å²) in [5.41, 5.74) is -4.46. The lowest BCUT2D eigenvalue weighted by Crippen LogP contribution is -2.76. The summed E-state index contributed by atoms with van der Waals surface area (Å²) in [6, 6.07) is 5.44. The molecule has 114 heavy (non-hydrogen) atoms. The lowest BCUT2D eigenvalue weighted by Gasteiger charge is -2.52. The minimum absolute atomic E-state index is 0.00440. The van der Waals surface area contributed by atoms with E-state index in [-0.39, 0.29) is 62.1 Å². The number of benzene rings is 3. The lowest BCUT2D eigenvalue weighted by molar-refractivity contribution is -0.415. The number of rotatable bonds is 36. The van der Waals surface area contributed by atoms with Crippen LogP contribution >= 0.6 is 0 Å². The number of carboxylic acids is 1. The van der Waals surface area contributed by atoms with E-state index in [1.54, 1.807) is 0 Å². The summed E-state index contributed by atoms with van der Waals surface area (Å²) in [5, 5.41) is 158. The first kappa shape index (κ1) is 89.8. The van der Waals surface area contributed by atoms with Crippen molar-refractivity contribution in [3.8, 4) is 0 Å². The molecule has 1 aromatic heterocycles. The van der Waals surface area contributed by atoms with Gasteiger partial charge in [0.15, 0.2) is 25.2 Å². The highest BCUT2D eigenvalue weighted by molar-refractivity contribution is 7.87. The molecule has 4 aromatic carbocycles. The first-order valence-corrected chi connectivity index (χ1v) is 39.2. The van der Waals surface area contributed by atoms with Gasteiger partial charge in [-0.05, 0) is 67.1 Å². The van der Waals surface area contributed by atoms with Crippen LogP contribution in [0.3, 0.4) is 0 Å². The van der Waals surface area contributed by atoms with Crippen LogP contribution in [0.1, 0.15) is 74.8 Å². The van der Waals surface area contributed by atoms with Gasteiger partial charge in [-0.3, -0.25) is 47.4 Å². The zero-order valence-electron chi connectivity index (χ0n) is 59.9. The van der Waals surface area contributed by atoms with Crippen molar-refractivity contribution in [3.05, 3.63) is 107 Å². The topological polar surface area (TPSA) is 740 Å². The average Bonchev–Trinajstić information content (AvgIpc) is 0.752. The monoisotopic (exact) mass is 1680 g/mol. The second kappa shape index (κ2) is 37.4. The highest BCUT2D eigenvalue weighted by atomic mass is 32.2. The summed E-state index contributed by atoms with van der Waals surface area (Å²) < 4.78 is 149. The molecule has 0 radical (unpaired) electrons. The fourth-order valence-corrected chi connectivity index (χ4v) is 15.0. The van der Waals surface area contributed by atoms with Gasteiger partial charge in [0.2, 0.25) is 11.8 Å². The molecule has 4 aliphatic rings. The van der Waals surface area contributed by atoms with Crippen LogP contribution in [0.15, 0.2) is 88.5 Å². The van der Waals surface area contributed by atoms with E-state index in [9.17, 15) is 144 Å². The minimum Gasteiger partial charge on any atom is -0.477 e. The Morgan fingerprint density at radius 3 is 1.88 bits per heavy atom. The van der Waals surface area contributed by atoms with E-state index in [0.717, 1.165) is 25.1 Å². The van der Waals surface area contributed by atoms with Crippen LogP contribution in [0.2, 0.25) is 0 Å². The van der Waals surface area contributed by atoms with E-state index < -0.39 is 249 Å². The Morgan fingerprint density at radius 1 is 0.640 bits per heavy atom. The first-order valence-electron chi connectivity index (χ1n) is 34.9. The zero-order valence-corrected chi connectivity index (χ0v) is 62.3. The molecule has 4 aliphatic heterocycles. The van der Waals surface area contributed by atoms with E-state index in [1.807, 2.05) is 4.98 Å². The number of aromatic amines is 2. The van der Waals surface area contributed by atoms with Crippen molar-refractivity contribution in [1.29, 1.82) is 0 Å². The summed E-state index contributed by atoms with van der Waals surface area (Å²) in [5.74, 6) is -8.77. The van der Waals surface area contributed by atoms with Crippen molar-refractivity contribution in [2.45, 2.75) is 215 Å². The maximum atomic E-state index is 14.2. The Labute approximate surface area is 643 Å². The molecule has 0 bridgehead atoms. The molecular weight excluding hydrogens is 1600 g/mol. The van der Waals surface area contributed by atoms with E-state index in [2.05, 4.69) is 36.9 Å². The van der Waals surface area contributed by atoms with Gasteiger partial charge in [-0.15, -0.1) is 0 Å². The molecule has 4 saturated heterocycles. The summed E-state index contributed by atoms with van der Waals surface area (Å²) in [4.78, 5) is 104.